The maximum absolute atomic E-state index is 11.1. The van der Waals surface area contributed by atoms with Crippen molar-refractivity contribution in [2.24, 2.45) is 0 Å². The molecule has 0 saturated carbocycles. The van der Waals surface area contributed by atoms with Gasteiger partial charge >= 0.3 is 10.3 Å². The fraction of sp³-hybridized carbons (Fsp3) is 0. The number of benzene rings is 2. The monoisotopic (exact) mass is 367 g/mol. The Kier molecular flexibility index (Phi) is 3.86. The lowest BCUT2D eigenvalue weighted by Crippen LogP contribution is -2.11. The molecule has 2 aromatic carbocycles. The van der Waals surface area contributed by atoms with Crippen LogP contribution < -0.4 is 4.72 Å². The first kappa shape index (κ1) is 16.2. The molecule has 0 radical (unpaired) electrons. The van der Waals surface area contributed by atoms with Crippen LogP contribution >= 0.6 is 0 Å². The third-order valence-electron chi connectivity index (χ3n) is 3.67. The minimum Gasteiger partial charge on any atom is -0.269 e. The molecule has 8 nitrogen and oxygen atoms in total. The highest BCUT2D eigenvalue weighted by atomic mass is 32.2. The molecule has 2 N–H and O–H groups in total. The molecule has 2 heterocycles. The smallest absolute Gasteiger partial charge is 0.269 e. The predicted octanol–water partition coefficient (Wildman–Crippen LogP) is 2.67. The molecule has 0 aliphatic carbocycles. The lowest BCUT2D eigenvalue weighted by molar-refractivity contribution is 0.489. The van der Waals surface area contributed by atoms with Gasteiger partial charge in [0.25, 0.3) is 11.7 Å². The van der Waals surface area contributed by atoms with Crippen LogP contribution in [0.1, 0.15) is 0 Å². The summed E-state index contributed by atoms with van der Waals surface area (Å²) in [7, 11) is -4.48. The van der Waals surface area contributed by atoms with E-state index in [1.54, 1.807) is 0 Å². The van der Waals surface area contributed by atoms with Crippen LogP contribution in [-0.4, -0.2) is 32.6 Å². The van der Waals surface area contributed by atoms with Crippen molar-refractivity contribution in [3.63, 3.8) is 0 Å². The van der Waals surface area contributed by atoms with Gasteiger partial charge in [0.15, 0.2) is 0 Å². The molecule has 9 heteroatoms. The summed E-state index contributed by atoms with van der Waals surface area (Å²) in [5.41, 5.74) is 3.10. The number of fused-ring (bicyclic) bond motifs is 1. The summed E-state index contributed by atoms with van der Waals surface area (Å²) in [6, 6.07) is 20.9. The van der Waals surface area contributed by atoms with Gasteiger partial charge in [-0.2, -0.15) is 17.9 Å². The summed E-state index contributed by atoms with van der Waals surface area (Å²) < 4.78 is 34.4. The van der Waals surface area contributed by atoms with Crippen molar-refractivity contribution in [3.05, 3.63) is 66.7 Å². The summed E-state index contributed by atoms with van der Waals surface area (Å²) >= 11 is 0. The van der Waals surface area contributed by atoms with E-state index < -0.39 is 10.3 Å². The minimum absolute atomic E-state index is 0.205. The number of aromatic nitrogens is 4. The third-order valence-corrected chi connectivity index (χ3v) is 4.11. The highest BCUT2D eigenvalue weighted by Crippen LogP contribution is 2.26. The van der Waals surface area contributed by atoms with Crippen molar-refractivity contribution in [2.75, 3.05) is 4.72 Å². The quantitative estimate of drug-likeness (QED) is 0.537. The van der Waals surface area contributed by atoms with Crippen LogP contribution in [-0.2, 0) is 10.3 Å². The molecular formula is C17H13N5O3S. The highest BCUT2D eigenvalue weighted by Gasteiger charge is 2.16. The first-order valence-corrected chi connectivity index (χ1v) is 9.07. The summed E-state index contributed by atoms with van der Waals surface area (Å²) in [6.07, 6.45) is 0. The topological polar surface area (TPSA) is 109 Å². The van der Waals surface area contributed by atoms with Gasteiger partial charge < -0.3 is 0 Å². The molecule has 0 spiro atoms. The third kappa shape index (κ3) is 3.25. The Balaban J connectivity index is 1.96. The number of anilines is 1. The number of rotatable bonds is 4. The predicted molar refractivity (Wildman–Crippen MR) is 96.8 cm³/mol. The number of hydrogen-bond donors (Lipinski definition) is 2. The van der Waals surface area contributed by atoms with E-state index in [2.05, 4.69) is 15.1 Å². The van der Waals surface area contributed by atoms with Crippen molar-refractivity contribution in [2.45, 2.75) is 0 Å². The van der Waals surface area contributed by atoms with Crippen LogP contribution in [0.2, 0.25) is 0 Å². The Morgan fingerprint density at radius 1 is 0.885 bits per heavy atom. The molecular weight excluding hydrogens is 354 g/mol. The first-order chi connectivity index (χ1) is 12.5. The summed E-state index contributed by atoms with van der Waals surface area (Å²) in [5.74, 6) is -0.0567. The van der Waals surface area contributed by atoms with Crippen molar-refractivity contribution >= 4 is 22.0 Å². The Bertz CT molecular complexity index is 1180. The van der Waals surface area contributed by atoms with Gasteiger partial charge in [-0.3, -0.25) is 4.55 Å². The van der Waals surface area contributed by atoms with E-state index in [9.17, 15) is 8.42 Å². The van der Waals surface area contributed by atoms with Crippen LogP contribution in [0.5, 0.6) is 0 Å². The number of nitrogens with zero attached hydrogens (tertiary/aromatic N) is 4. The molecule has 0 amide bonds. The van der Waals surface area contributed by atoms with Gasteiger partial charge in [-0.05, 0) is 6.07 Å². The number of nitrogens with one attached hydrogen (secondary N) is 1. The van der Waals surface area contributed by atoms with Crippen molar-refractivity contribution in [1.29, 1.82) is 0 Å². The van der Waals surface area contributed by atoms with Gasteiger partial charge in [-0.15, -0.1) is 5.10 Å². The normalized spacial score (nSPS) is 11.6. The maximum atomic E-state index is 11.1. The van der Waals surface area contributed by atoms with Gasteiger partial charge in [0.2, 0.25) is 0 Å². The van der Waals surface area contributed by atoms with E-state index >= 15 is 0 Å². The molecule has 0 saturated heterocycles. The standard InChI is InChI=1S/C17H13N5O3S/c23-26(24,25)21-16-19-17-18-14(12-7-3-1-4-8-12)11-15(22(17)20-16)13-9-5-2-6-10-13/h1-11H,(H,20,21)(H,23,24,25). The lowest BCUT2D eigenvalue weighted by Gasteiger charge is -2.07. The molecule has 0 aliphatic heterocycles. The fourth-order valence-corrected chi connectivity index (χ4v) is 2.92. The highest BCUT2D eigenvalue weighted by molar-refractivity contribution is 7.87. The molecule has 4 rings (SSSR count). The van der Waals surface area contributed by atoms with E-state index in [0.717, 1.165) is 11.1 Å². The van der Waals surface area contributed by atoms with Crippen molar-refractivity contribution < 1.29 is 13.0 Å². The molecule has 0 fully saturated rings. The average molecular weight is 367 g/mol. The summed E-state index contributed by atoms with van der Waals surface area (Å²) in [6.45, 7) is 0. The van der Waals surface area contributed by atoms with E-state index in [-0.39, 0.29) is 11.7 Å². The zero-order chi connectivity index (χ0) is 18.1. The van der Waals surface area contributed by atoms with Crippen molar-refractivity contribution in [1.82, 2.24) is 19.6 Å². The van der Waals surface area contributed by atoms with E-state index in [4.69, 9.17) is 4.55 Å². The maximum Gasteiger partial charge on any atom is 0.359 e. The second-order valence-corrected chi connectivity index (χ2v) is 6.64. The second-order valence-electron chi connectivity index (χ2n) is 5.48. The van der Waals surface area contributed by atoms with Crippen LogP contribution in [0.3, 0.4) is 0 Å². The summed E-state index contributed by atoms with van der Waals surface area (Å²) in [5, 5.41) is 4.10. The zero-order valence-electron chi connectivity index (χ0n) is 13.3. The van der Waals surface area contributed by atoms with Gasteiger partial charge in [0, 0.05) is 11.1 Å². The van der Waals surface area contributed by atoms with E-state index in [1.807, 2.05) is 71.5 Å². The minimum atomic E-state index is -4.48. The molecule has 0 bridgehead atoms. The molecule has 0 unspecified atom stereocenters. The van der Waals surface area contributed by atoms with Crippen LogP contribution in [0.4, 0.5) is 5.95 Å². The lowest BCUT2D eigenvalue weighted by atomic mass is 10.1. The number of hydrogen-bond acceptors (Lipinski definition) is 5. The molecule has 0 aliphatic rings. The van der Waals surface area contributed by atoms with Gasteiger partial charge in [-0.1, -0.05) is 60.7 Å². The molecule has 0 atom stereocenters. The van der Waals surface area contributed by atoms with E-state index in [0.29, 0.717) is 11.4 Å². The van der Waals surface area contributed by atoms with Crippen molar-refractivity contribution in [3.8, 4) is 22.5 Å². The Labute approximate surface area is 149 Å². The molecule has 4 aromatic rings. The van der Waals surface area contributed by atoms with Gasteiger partial charge in [0.1, 0.15) is 0 Å². The molecule has 2 aromatic heterocycles. The SMILES string of the molecule is O=S(=O)(O)Nc1nc2nc(-c3ccccc3)cc(-c3ccccc3)n2n1. The van der Waals surface area contributed by atoms with Crippen LogP contribution in [0, 0.1) is 0 Å². The zero-order valence-corrected chi connectivity index (χ0v) is 14.1. The Hall–Kier alpha value is -3.30. The van der Waals surface area contributed by atoms with E-state index in [1.165, 1.54) is 4.52 Å². The van der Waals surface area contributed by atoms with Gasteiger partial charge in [0.05, 0.1) is 11.4 Å². The Morgan fingerprint density at radius 3 is 2.12 bits per heavy atom. The molecule has 130 valence electrons. The fourth-order valence-electron chi connectivity index (χ4n) is 2.60. The van der Waals surface area contributed by atoms with Crippen LogP contribution in [0.25, 0.3) is 28.3 Å². The Morgan fingerprint density at radius 2 is 1.50 bits per heavy atom. The largest absolute Gasteiger partial charge is 0.359 e. The first-order valence-electron chi connectivity index (χ1n) is 7.63. The molecule has 26 heavy (non-hydrogen) atoms. The second kappa shape index (κ2) is 6.21. The van der Waals surface area contributed by atoms with Gasteiger partial charge in [-0.25, -0.2) is 9.71 Å². The van der Waals surface area contributed by atoms with Crippen LogP contribution in [0.15, 0.2) is 66.7 Å². The average Bonchev–Trinajstić information content (AvgIpc) is 3.02. The summed E-state index contributed by atoms with van der Waals surface area (Å²) in [4.78, 5) is 8.52.